The normalized spacial score (nSPS) is 23.0. The van der Waals surface area contributed by atoms with Crippen LogP contribution in [0, 0.1) is 5.92 Å². The molecule has 1 fully saturated rings. The number of hydrogen-bond acceptors (Lipinski definition) is 3. The van der Waals surface area contributed by atoms with Gasteiger partial charge in [0.05, 0.1) is 10.8 Å². The molecule has 120 valence electrons. The number of primary amides is 1. The van der Waals surface area contributed by atoms with Gasteiger partial charge in [0.15, 0.2) is 0 Å². The molecule has 1 aromatic carbocycles. The van der Waals surface area contributed by atoms with Gasteiger partial charge in [0.25, 0.3) is 0 Å². The van der Waals surface area contributed by atoms with Gasteiger partial charge in [0, 0.05) is 13.1 Å². The number of carbonyl (C=O) groups is 1. The molecule has 6 heteroatoms. The molecule has 1 saturated heterocycles. The average Bonchev–Trinajstić information content (AvgIpc) is 2.54. The maximum atomic E-state index is 12.8. The van der Waals surface area contributed by atoms with E-state index in [9.17, 15) is 13.2 Å². The molecule has 2 aliphatic rings. The molecular formula is C16H22N2O3S. The van der Waals surface area contributed by atoms with Crippen molar-refractivity contribution in [2.45, 2.75) is 43.4 Å². The lowest BCUT2D eigenvalue weighted by Gasteiger charge is -2.30. The molecule has 1 aromatic rings. The monoisotopic (exact) mass is 322 g/mol. The predicted molar refractivity (Wildman–Crippen MR) is 83.8 cm³/mol. The van der Waals surface area contributed by atoms with E-state index in [1.54, 1.807) is 6.07 Å². The van der Waals surface area contributed by atoms with E-state index >= 15 is 0 Å². The number of rotatable bonds is 3. The van der Waals surface area contributed by atoms with Crippen molar-refractivity contribution in [3.63, 3.8) is 0 Å². The van der Waals surface area contributed by atoms with E-state index in [0.717, 1.165) is 24.8 Å². The molecule has 1 atom stereocenters. The summed E-state index contributed by atoms with van der Waals surface area (Å²) >= 11 is 0. The second kappa shape index (κ2) is 6.01. The number of nitrogens with zero attached hydrogens (tertiary/aromatic N) is 1. The molecule has 0 bridgehead atoms. The second-order valence-electron chi connectivity index (χ2n) is 6.24. The minimum Gasteiger partial charge on any atom is -0.369 e. The van der Waals surface area contributed by atoms with Crippen LogP contribution in [0.5, 0.6) is 0 Å². The van der Waals surface area contributed by atoms with Crippen molar-refractivity contribution in [3.05, 3.63) is 29.3 Å². The Bertz CT molecular complexity index is 685. The van der Waals surface area contributed by atoms with Crippen LogP contribution in [0.25, 0.3) is 0 Å². The third-order valence-electron chi connectivity index (χ3n) is 4.74. The molecule has 1 aliphatic carbocycles. The summed E-state index contributed by atoms with van der Waals surface area (Å²) in [5, 5.41) is 0. The number of piperidine rings is 1. The van der Waals surface area contributed by atoms with Gasteiger partial charge in [-0.3, -0.25) is 4.79 Å². The number of carbonyl (C=O) groups excluding carboxylic acids is 1. The van der Waals surface area contributed by atoms with E-state index in [0.29, 0.717) is 24.3 Å². The molecule has 2 N–H and O–H groups in total. The maximum Gasteiger partial charge on any atom is 0.243 e. The Morgan fingerprint density at radius 3 is 2.59 bits per heavy atom. The first-order valence-electron chi connectivity index (χ1n) is 7.90. The van der Waals surface area contributed by atoms with Gasteiger partial charge in [0.2, 0.25) is 15.9 Å². The first-order valence-corrected chi connectivity index (χ1v) is 9.34. The average molecular weight is 322 g/mol. The quantitative estimate of drug-likeness (QED) is 0.914. The summed E-state index contributed by atoms with van der Waals surface area (Å²) in [5.41, 5.74) is 7.75. The lowest BCUT2D eigenvalue weighted by atomic mass is 9.92. The molecule has 0 radical (unpaired) electrons. The number of sulfonamides is 1. The largest absolute Gasteiger partial charge is 0.369 e. The van der Waals surface area contributed by atoms with E-state index < -0.39 is 15.9 Å². The SMILES string of the molecule is NC(=O)[C@H]1CCCN(S(=O)(=O)c2ccc3c(c2)CCCC3)C1. The zero-order valence-electron chi connectivity index (χ0n) is 12.6. The van der Waals surface area contributed by atoms with Crippen LogP contribution in [-0.4, -0.2) is 31.7 Å². The minimum atomic E-state index is -3.54. The number of amides is 1. The summed E-state index contributed by atoms with van der Waals surface area (Å²) in [4.78, 5) is 11.7. The van der Waals surface area contributed by atoms with Gasteiger partial charge < -0.3 is 5.73 Å². The first kappa shape index (κ1) is 15.5. The van der Waals surface area contributed by atoms with Crippen LogP contribution < -0.4 is 5.73 Å². The maximum absolute atomic E-state index is 12.8. The number of nitrogens with two attached hydrogens (primary N) is 1. The van der Waals surface area contributed by atoms with Crippen molar-refractivity contribution in [3.8, 4) is 0 Å². The van der Waals surface area contributed by atoms with Crippen LogP contribution in [0.4, 0.5) is 0 Å². The Balaban J connectivity index is 1.87. The van der Waals surface area contributed by atoms with Gasteiger partial charge in [-0.25, -0.2) is 8.42 Å². The number of hydrogen-bond donors (Lipinski definition) is 1. The molecule has 5 nitrogen and oxygen atoms in total. The summed E-state index contributed by atoms with van der Waals surface area (Å²) in [6, 6.07) is 5.46. The highest BCUT2D eigenvalue weighted by Gasteiger charge is 2.32. The fourth-order valence-corrected chi connectivity index (χ4v) is 4.99. The molecule has 0 saturated carbocycles. The molecule has 22 heavy (non-hydrogen) atoms. The van der Waals surface area contributed by atoms with Crippen molar-refractivity contribution >= 4 is 15.9 Å². The van der Waals surface area contributed by atoms with Crippen LogP contribution in [0.3, 0.4) is 0 Å². The smallest absolute Gasteiger partial charge is 0.243 e. The number of benzene rings is 1. The third kappa shape index (κ3) is 2.90. The van der Waals surface area contributed by atoms with Gasteiger partial charge >= 0.3 is 0 Å². The lowest BCUT2D eigenvalue weighted by molar-refractivity contribution is -0.122. The number of fused-ring (bicyclic) bond motifs is 1. The van der Waals surface area contributed by atoms with Crippen LogP contribution >= 0.6 is 0 Å². The molecule has 3 rings (SSSR count). The standard InChI is InChI=1S/C16H22N2O3S/c17-16(19)14-6-3-9-18(11-14)22(20,21)15-8-7-12-4-1-2-5-13(12)10-15/h7-8,10,14H,1-6,9,11H2,(H2,17,19)/t14-/m0/s1. The second-order valence-corrected chi connectivity index (χ2v) is 8.18. The van der Waals surface area contributed by atoms with Gasteiger partial charge in [-0.15, -0.1) is 0 Å². The van der Waals surface area contributed by atoms with Crippen molar-refractivity contribution < 1.29 is 13.2 Å². The van der Waals surface area contributed by atoms with Gasteiger partial charge in [0.1, 0.15) is 0 Å². The zero-order chi connectivity index (χ0) is 15.7. The predicted octanol–water partition coefficient (Wildman–Crippen LogP) is 1.45. The molecule has 1 heterocycles. The highest BCUT2D eigenvalue weighted by molar-refractivity contribution is 7.89. The molecule has 1 amide bonds. The van der Waals surface area contributed by atoms with E-state index in [1.807, 2.05) is 12.1 Å². The zero-order valence-corrected chi connectivity index (χ0v) is 13.4. The van der Waals surface area contributed by atoms with E-state index in [1.165, 1.54) is 16.3 Å². The molecule has 0 aromatic heterocycles. The van der Waals surface area contributed by atoms with Crippen molar-refractivity contribution in [2.24, 2.45) is 11.7 Å². The highest BCUT2D eigenvalue weighted by atomic mass is 32.2. The topological polar surface area (TPSA) is 80.5 Å². The minimum absolute atomic E-state index is 0.203. The Labute approximate surface area is 131 Å². The summed E-state index contributed by atoms with van der Waals surface area (Å²) in [6.07, 6.45) is 5.62. The highest BCUT2D eigenvalue weighted by Crippen LogP contribution is 2.28. The van der Waals surface area contributed by atoms with Crippen molar-refractivity contribution in [2.75, 3.05) is 13.1 Å². The van der Waals surface area contributed by atoms with E-state index in [2.05, 4.69) is 0 Å². The van der Waals surface area contributed by atoms with Crippen LogP contribution in [0.2, 0.25) is 0 Å². The summed E-state index contributed by atoms with van der Waals surface area (Å²) in [7, 11) is -3.54. The van der Waals surface area contributed by atoms with Crippen LogP contribution in [0.1, 0.15) is 36.8 Å². The van der Waals surface area contributed by atoms with Crippen molar-refractivity contribution in [1.29, 1.82) is 0 Å². The van der Waals surface area contributed by atoms with Crippen LogP contribution in [0.15, 0.2) is 23.1 Å². The van der Waals surface area contributed by atoms with E-state index in [4.69, 9.17) is 5.73 Å². The third-order valence-corrected chi connectivity index (χ3v) is 6.61. The Hall–Kier alpha value is -1.40. The first-order chi connectivity index (χ1) is 10.5. The summed E-state index contributed by atoms with van der Waals surface area (Å²) < 4.78 is 27.0. The molecule has 0 spiro atoms. The molecular weight excluding hydrogens is 300 g/mol. The Morgan fingerprint density at radius 2 is 1.86 bits per heavy atom. The fraction of sp³-hybridized carbons (Fsp3) is 0.562. The molecule has 1 aliphatic heterocycles. The Morgan fingerprint density at radius 1 is 1.14 bits per heavy atom. The van der Waals surface area contributed by atoms with Gasteiger partial charge in [-0.05, 0) is 61.8 Å². The number of aryl methyl sites for hydroxylation is 2. The van der Waals surface area contributed by atoms with E-state index in [-0.39, 0.29) is 12.5 Å². The fourth-order valence-electron chi connectivity index (χ4n) is 3.41. The van der Waals surface area contributed by atoms with Gasteiger partial charge in [-0.1, -0.05) is 6.07 Å². The Kier molecular flexibility index (Phi) is 4.23. The molecule has 0 unspecified atom stereocenters. The van der Waals surface area contributed by atoms with Crippen LogP contribution in [-0.2, 0) is 27.7 Å². The van der Waals surface area contributed by atoms with Crippen molar-refractivity contribution in [1.82, 2.24) is 4.31 Å². The summed E-state index contributed by atoms with van der Waals surface area (Å²) in [6.45, 7) is 0.665. The lowest BCUT2D eigenvalue weighted by Crippen LogP contribution is -2.44. The summed E-state index contributed by atoms with van der Waals surface area (Å²) in [5.74, 6) is -0.786. The van der Waals surface area contributed by atoms with Gasteiger partial charge in [-0.2, -0.15) is 4.31 Å².